The first kappa shape index (κ1) is 29.3. The number of anilines is 2. The molecular weight excluding hydrogens is 511 g/mol. The first-order chi connectivity index (χ1) is 18.2. The molecule has 1 unspecified atom stereocenters. The van der Waals surface area contributed by atoms with Gasteiger partial charge in [-0.2, -0.15) is 5.26 Å². The topological polar surface area (TPSA) is 107 Å². The van der Waals surface area contributed by atoms with Gasteiger partial charge in [-0.3, -0.25) is 19.5 Å². The molecule has 9 nitrogen and oxygen atoms in total. The summed E-state index contributed by atoms with van der Waals surface area (Å²) in [5.41, 5.74) is -1.76. The van der Waals surface area contributed by atoms with Crippen molar-refractivity contribution in [2.24, 2.45) is 23.0 Å². The molecule has 206 valence electrons. The molecule has 0 aromatic carbocycles. The number of aliphatic imine (C=N–C) groups is 1. The standard InChI is InChI=1S/C27H30F3N7O2/c1-8-16(2)21(9-10-38)34-23-20(28)12-18(15-35(23)7)37-25(32-6)36(24(39)26(37,3)4)17-11-19(27(5,29)30)22(13-31)33-14-17/h9-12,14-16H,8H2,1-7H3/b21-9-,32-25?,34-23?. The summed E-state index contributed by atoms with van der Waals surface area (Å²) >= 11 is 0. The number of halogens is 3. The molecule has 0 spiro atoms. The Hall–Kier alpha value is -4.27. The number of nitriles is 1. The summed E-state index contributed by atoms with van der Waals surface area (Å²) in [6.07, 6.45) is 5.30. The number of aryl methyl sites for hydroxylation is 1. The van der Waals surface area contributed by atoms with Crippen molar-refractivity contribution >= 4 is 29.5 Å². The van der Waals surface area contributed by atoms with Crippen molar-refractivity contribution in [2.75, 3.05) is 16.8 Å². The molecule has 0 N–H and O–H groups in total. The molecule has 0 bridgehead atoms. The van der Waals surface area contributed by atoms with E-state index in [4.69, 9.17) is 0 Å². The number of guanidine groups is 1. The van der Waals surface area contributed by atoms with Crippen LogP contribution in [0.15, 0.2) is 46.3 Å². The minimum Gasteiger partial charge on any atom is -0.332 e. The van der Waals surface area contributed by atoms with Gasteiger partial charge in [0.25, 0.3) is 11.8 Å². The zero-order valence-corrected chi connectivity index (χ0v) is 22.8. The summed E-state index contributed by atoms with van der Waals surface area (Å²) in [7, 11) is 2.99. The Labute approximate surface area is 224 Å². The van der Waals surface area contributed by atoms with Gasteiger partial charge in [-0.05, 0) is 38.3 Å². The minimum absolute atomic E-state index is 0.0136. The fourth-order valence-electron chi connectivity index (χ4n) is 4.31. The van der Waals surface area contributed by atoms with Crippen molar-refractivity contribution in [1.82, 2.24) is 9.55 Å². The van der Waals surface area contributed by atoms with E-state index in [-0.39, 0.29) is 28.7 Å². The first-order valence-corrected chi connectivity index (χ1v) is 12.2. The molecule has 3 rings (SSSR count). The van der Waals surface area contributed by atoms with Crippen molar-refractivity contribution in [3.63, 3.8) is 0 Å². The lowest BCUT2D eigenvalue weighted by atomic mass is 10.0. The Balaban J connectivity index is 2.19. The van der Waals surface area contributed by atoms with Crippen LogP contribution in [0.2, 0.25) is 0 Å². The Bertz CT molecular complexity index is 1450. The predicted molar refractivity (Wildman–Crippen MR) is 140 cm³/mol. The van der Waals surface area contributed by atoms with Crippen LogP contribution in [0.4, 0.5) is 24.5 Å². The van der Waals surface area contributed by atoms with Gasteiger partial charge in [-0.1, -0.05) is 13.8 Å². The number of carbonyl (C=O) groups excluding carboxylic acids is 2. The van der Waals surface area contributed by atoms with E-state index < -0.39 is 34.4 Å². The average Bonchev–Trinajstić information content (AvgIpc) is 3.08. The fourth-order valence-corrected chi connectivity index (χ4v) is 4.31. The fraction of sp³-hybridized carbons (Fsp3) is 0.407. The van der Waals surface area contributed by atoms with Gasteiger partial charge in [0.05, 0.1) is 23.1 Å². The molecule has 12 heteroatoms. The zero-order valence-electron chi connectivity index (χ0n) is 22.8. The lowest BCUT2D eigenvalue weighted by Gasteiger charge is -2.30. The van der Waals surface area contributed by atoms with Gasteiger partial charge in [-0.25, -0.2) is 28.0 Å². The van der Waals surface area contributed by atoms with E-state index in [9.17, 15) is 23.6 Å². The summed E-state index contributed by atoms with van der Waals surface area (Å²) < 4.78 is 45.4. The number of carbonyl (C=O) groups is 2. The third-order valence-corrected chi connectivity index (χ3v) is 6.59. The third kappa shape index (κ3) is 5.34. The largest absolute Gasteiger partial charge is 0.332 e. The maximum Gasteiger partial charge on any atom is 0.273 e. The number of amides is 1. The Morgan fingerprint density at radius 1 is 1.31 bits per heavy atom. The van der Waals surface area contributed by atoms with E-state index in [1.807, 2.05) is 13.8 Å². The second-order valence-electron chi connectivity index (χ2n) is 9.78. The van der Waals surface area contributed by atoms with Crippen LogP contribution in [-0.4, -0.2) is 40.3 Å². The summed E-state index contributed by atoms with van der Waals surface area (Å²) in [4.78, 5) is 39.8. The number of aldehydes is 1. The number of aromatic nitrogens is 2. The van der Waals surface area contributed by atoms with E-state index >= 15 is 4.39 Å². The molecule has 0 radical (unpaired) electrons. The van der Waals surface area contributed by atoms with Crippen LogP contribution < -0.4 is 15.3 Å². The van der Waals surface area contributed by atoms with Gasteiger partial charge in [0, 0.05) is 39.0 Å². The summed E-state index contributed by atoms with van der Waals surface area (Å²) in [5.74, 6) is -4.66. The van der Waals surface area contributed by atoms with Crippen molar-refractivity contribution in [3.8, 4) is 6.07 Å². The molecule has 3 heterocycles. The first-order valence-electron chi connectivity index (χ1n) is 12.2. The van der Waals surface area contributed by atoms with Crippen molar-refractivity contribution in [3.05, 3.63) is 58.9 Å². The summed E-state index contributed by atoms with van der Waals surface area (Å²) in [6, 6.07) is 3.87. The van der Waals surface area contributed by atoms with Gasteiger partial charge >= 0.3 is 0 Å². The molecule has 1 saturated heterocycles. The Morgan fingerprint density at radius 3 is 2.49 bits per heavy atom. The van der Waals surface area contributed by atoms with Crippen molar-refractivity contribution in [2.45, 2.75) is 52.5 Å². The summed E-state index contributed by atoms with van der Waals surface area (Å²) in [5, 5.41) is 9.24. The van der Waals surface area contributed by atoms with Gasteiger partial charge in [0.1, 0.15) is 23.6 Å². The quantitative estimate of drug-likeness (QED) is 0.386. The van der Waals surface area contributed by atoms with Crippen LogP contribution >= 0.6 is 0 Å². The Morgan fingerprint density at radius 2 is 1.97 bits per heavy atom. The predicted octanol–water partition coefficient (Wildman–Crippen LogP) is 4.19. The molecule has 1 aliphatic rings. The maximum atomic E-state index is 15.5. The monoisotopic (exact) mass is 541 g/mol. The molecule has 2 aromatic rings. The van der Waals surface area contributed by atoms with Crippen LogP contribution in [0.1, 0.15) is 52.3 Å². The number of pyridine rings is 2. The molecule has 0 aliphatic carbocycles. The molecule has 1 fully saturated rings. The molecular formula is C27H30F3N7O2. The Kier molecular flexibility index (Phi) is 8.14. The van der Waals surface area contributed by atoms with Crippen LogP contribution in [0, 0.1) is 23.1 Å². The summed E-state index contributed by atoms with van der Waals surface area (Å²) in [6.45, 7) is 7.63. The number of nitrogens with zero attached hydrogens (tertiary/aromatic N) is 7. The number of allylic oxidation sites excluding steroid dienone is 2. The average molecular weight is 542 g/mol. The highest BCUT2D eigenvalue weighted by atomic mass is 19.3. The molecule has 0 saturated carbocycles. The molecule has 2 aromatic heterocycles. The van der Waals surface area contributed by atoms with E-state index in [2.05, 4.69) is 15.0 Å². The lowest BCUT2D eigenvalue weighted by Crippen LogP contribution is -2.45. The molecule has 1 aliphatic heterocycles. The molecule has 1 atom stereocenters. The number of hydrogen-bond acceptors (Lipinski definition) is 6. The normalized spacial score (nSPS) is 18.1. The van der Waals surface area contributed by atoms with Gasteiger partial charge in [0.15, 0.2) is 11.3 Å². The van der Waals surface area contributed by atoms with Crippen molar-refractivity contribution in [1.29, 1.82) is 5.26 Å². The molecule has 1 amide bonds. The van der Waals surface area contributed by atoms with Gasteiger partial charge in [0.2, 0.25) is 5.96 Å². The van der Waals surface area contributed by atoms with E-state index in [1.165, 1.54) is 28.7 Å². The highest BCUT2D eigenvalue weighted by Crippen LogP contribution is 2.38. The molecule has 39 heavy (non-hydrogen) atoms. The van der Waals surface area contributed by atoms with Crippen LogP contribution in [0.5, 0.6) is 0 Å². The van der Waals surface area contributed by atoms with Crippen molar-refractivity contribution < 1.29 is 22.8 Å². The number of rotatable bonds is 7. The second-order valence-corrected chi connectivity index (χ2v) is 9.78. The van der Waals surface area contributed by atoms with Gasteiger partial charge < -0.3 is 4.57 Å². The highest BCUT2D eigenvalue weighted by Gasteiger charge is 2.51. The van der Waals surface area contributed by atoms with Crippen LogP contribution in [0.3, 0.4) is 0 Å². The highest BCUT2D eigenvalue weighted by molar-refractivity contribution is 6.31. The SMILES string of the molecule is CCC(C)/C(=C/C=O)N=c1c(F)cc(N2C(=NC)N(c3cnc(C#N)c(C(C)(F)F)c3)C(=O)C2(C)C)cn1C. The van der Waals surface area contributed by atoms with E-state index in [0.29, 0.717) is 25.3 Å². The smallest absolute Gasteiger partial charge is 0.273 e. The maximum absolute atomic E-state index is 15.5. The van der Waals surface area contributed by atoms with Gasteiger partial charge in [-0.15, -0.1) is 0 Å². The third-order valence-electron chi connectivity index (χ3n) is 6.59. The number of hydrogen-bond donors (Lipinski definition) is 0. The zero-order chi connectivity index (χ0) is 29.3. The van der Waals surface area contributed by atoms with E-state index in [0.717, 1.165) is 17.2 Å². The second kappa shape index (κ2) is 10.8. The van der Waals surface area contributed by atoms with Crippen LogP contribution in [-0.2, 0) is 22.6 Å². The lowest BCUT2D eigenvalue weighted by molar-refractivity contribution is -0.120. The minimum atomic E-state index is -3.39. The van der Waals surface area contributed by atoms with Crippen LogP contribution in [0.25, 0.3) is 0 Å². The number of alkyl halides is 2. The van der Waals surface area contributed by atoms with E-state index in [1.54, 1.807) is 33.2 Å².